The number of methoxy groups -OCH3 is 1. The molecule has 1 aliphatic rings. The maximum atomic E-state index is 12.7. The van der Waals surface area contributed by atoms with Gasteiger partial charge >= 0.3 is 27.7 Å². The highest BCUT2D eigenvalue weighted by atomic mass is 32.2. The van der Waals surface area contributed by atoms with Crippen molar-refractivity contribution in [1.29, 1.82) is 0 Å². The lowest BCUT2D eigenvalue weighted by molar-refractivity contribution is -0.142. The third-order valence-electron chi connectivity index (χ3n) is 5.69. The number of nitrogens with zero attached hydrogens (tertiary/aromatic N) is 1. The van der Waals surface area contributed by atoms with Gasteiger partial charge in [-0.3, -0.25) is 9.69 Å². The van der Waals surface area contributed by atoms with Gasteiger partial charge in [-0.1, -0.05) is 26.8 Å². The lowest BCUT2D eigenvalue weighted by atomic mass is 9.65. The zero-order chi connectivity index (χ0) is 24.5. The minimum Gasteiger partial charge on any atom is -0.469 e. The Morgan fingerprint density at radius 2 is 1.84 bits per heavy atom. The van der Waals surface area contributed by atoms with Crippen LogP contribution in [0.3, 0.4) is 0 Å². The highest BCUT2D eigenvalue weighted by Gasteiger charge is 2.52. The number of alkyl halides is 3. The molecule has 32 heavy (non-hydrogen) atoms. The third kappa shape index (κ3) is 4.79. The van der Waals surface area contributed by atoms with Crippen molar-refractivity contribution in [2.45, 2.75) is 57.5 Å². The molecule has 2 rings (SSSR count). The molecule has 0 bridgehead atoms. The van der Waals surface area contributed by atoms with E-state index in [0.717, 1.165) is 6.07 Å². The topological polar surface area (TPSA) is 110 Å². The van der Waals surface area contributed by atoms with Gasteiger partial charge in [-0.25, -0.2) is 4.79 Å². The fourth-order valence-corrected chi connectivity index (χ4v) is 4.72. The number of rotatable bonds is 5. The molecule has 1 N–H and O–H groups in total. The number of hydrogen-bond donors (Lipinski definition) is 1. The summed E-state index contributed by atoms with van der Waals surface area (Å²) in [7, 11) is -4.64. The summed E-state index contributed by atoms with van der Waals surface area (Å²) in [6.07, 6.45) is -0.637. The minimum absolute atomic E-state index is 0.0591. The Bertz CT molecular complexity index is 986. The SMILES string of the molecule is COC(=O)CCC1(C(C)(C)C)c2ccc(OS(=O)(=O)C(F)(F)F)cc2CCCN1C(=O)O. The molecule has 1 aromatic rings. The van der Waals surface area contributed by atoms with Crippen molar-refractivity contribution in [2.24, 2.45) is 5.41 Å². The lowest BCUT2D eigenvalue weighted by Gasteiger charge is -2.51. The predicted octanol–water partition coefficient (Wildman–Crippen LogP) is 4.04. The highest BCUT2D eigenvalue weighted by molar-refractivity contribution is 7.88. The van der Waals surface area contributed by atoms with E-state index in [0.29, 0.717) is 17.5 Å². The van der Waals surface area contributed by atoms with Crippen molar-refractivity contribution in [1.82, 2.24) is 4.90 Å². The van der Waals surface area contributed by atoms with Crippen LogP contribution in [0.1, 0.15) is 51.2 Å². The summed E-state index contributed by atoms with van der Waals surface area (Å²) in [6.45, 7) is 5.51. The van der Waals surface area contributed by atoms with Crippen LogP contribution in [0.15, 0.2) is 18.2 Å². The monoisotopic (exact) mass is 481 g/mol. The number of carbonyl (C=O) groups is 2. The van der Waals surface area contributed by atoms with Crippen molar-refractivity contribution in [3.63, 3.8) is 0 Å². The number of carbonyl (C=O) groups excluding carboxylic acids is 1. The van der Waals surface area contributed by atoms with Crippen LogP contribution in [-0.4, -0.2) is 49.6 Å². The summed E-state index contributed by atoms with van der Waals surface area (Å²) in [5, 5.41) is 9.99. The van der Waals surface area contributed by atoms with E-state index in [1.807, 2.05) is 0 Å². The van der Waals surface area contributed by atoms with Gasteiger partial charge in [0.1, 0.15) is 5.75 Å². The first-order chi connectivity index (χ1) is 14.6. The molecule has 0 radical (unpaired) electrons. The largest absolute Gasteiger partial charge is 0.534 e. The molecule has 1 aliphatic heterocycles. The van der Waals surface area contributed by atoms with Crippen molar-refractivity contribution < 1.29 is 45.2 Å². The molecule has 0 aromatic heterocycles. The lowest BCUT2D eigenvalue weighted by Crippen LogP contribution is -2.56. The van der Waals surface area contributed by atoms with Crippen molar-refractivity contribution in [3.05, 3.63) is 29.3 Å². The number of amides is 1. The number of carboxylic acid groups (broad SMARTS) is 1. The maximum absolute atomic E-state index is 12.7. The van der Waals surface area contributed by atoms with Crippen LogP contribution in [0.4, 0.5) is 18.0 Å². The zero-order valence-electron chi connectivity index (χ0n) is 18.2. The second kappa shape index (κ2) is 8.80. The molecule has 180 valence electrons. The van der Waals surface area contributed by atoms with E-state index in [2.05, 4.69) is 4.18 Å². The first-order valence-electron chi connectivity index (χ1n) is 9.78. The van der Waals surface area contributed by atoms with E-state index in [-0.39, 0.29) is 25.8 Å². The quantitative estimate of drug-likeness (QED) is 0.384. The average molecular weight is 481 g/mol. The molecular formula is C20H26F3NO7S. The van der Waals surface area contributed by atoms with Crippen molar-refractivity contribution >= 4 is 22.2 Å². The molecule has 12 heteroatoms. The average Bonchev–Trinajstić information content (AvgIpc) is 2.81. The van der Waals surface area contributed by atoms with E-state index in [4.69, 9.17) is 4.74 Å². The van der Waals surface area contributed by atoms with Crippen LogP contribution in [0, 0.1) is 5.41 Å². The van der Waals surface area contributed by atoms with Gasteiger partial charge in [-0.05, 0) is 47.9 Å². The number of benzene rings is 1. The number of ether oxygens (including phenoxy) is 1. The van der Waals surface area contributed by atoms with E-state index in [9.17, 15) is 36.3 Å². The molecule has 1 amide bonds. The molecule has 0 spiro atoms. The van der Waals surface area contributed by atoms with E-state index >= 15 is 0 Å². The smallest absolute Gasteiger partial charge is 0.469 e. The van der Waals surface area contributed by atoms with E-state index in [1.165, 1.54) is 24.1 Å². The molecule has 8 nitrogen and oxygen atoms in total. The zero-order valence-corrected chi connectivity index (χ0v) is 19.0. The van der Waals surface area contributed by atoms with E-state index < -0.39 is 44.4 Å². The number of aryl methyl sites for hydroxylation is 1. The van der Waals surface area contributed by atoms with Gasteiger partial charge < -0.3 is 14.0 Å². The molecular weight excluding hydrogens is 455 g/mol. The Kier molecular flexibility index (Phi) is 7.08. The molecule has 1 heterocycles. The molecule has 0 aliphatic carbocycles. The molecule has 1 unspecified atom stereocenters. The van der Waals surface area contributed by atoms with Crippen molar-refractivity contribution in [2.75, 3.05) is 13.7 Å². The normalized spacial score (nSPS) is 19.7. The summed E-state index contributed by atoms with van der Waals surface area (Å²) in [6, 6.07) is 3.62. The maximum Gasteiger partial charge on any atom is 0.534 e. The number of hydrogen-bond acceptors (Lipinski definition) is 6. The first kappa shape index (κ1) is 25.8. The Labute approximate surface area is 184 Å². The van der Waals surface area contributed by atoms with Gasteiger partial charge in [0, 0.05) is 13.0 Å². The molecule has 0 saturated heterocycles. The number of esters is 1. The second-order valence-electron chi connectivity index (χ2n) is 8.53. The third-order valence-corrected chi connectivity index (χ3v) is 6.67. The van der Waals surface area contributed by atoms with Gasteiger partial charge in [0.25, 0.3) is 0 Å². The minimum atomic E-state index is -5.86. The van der Waals surface area contributed by atoms with Crippen LogP contribution in [0.5, 0.6) is 5.75 Å². The van der Waals surface area contributed by atoms with Gasteiger partial charge in [0.2, 0.25) is 0 Å². The van der Waals surface area contributed by atoms with Gasteiger partial charge in [-0.15, -0.1) is 0 Å². The summed E-state index contributed by atoms with van der Waals surface area (Å²) >= 11 is 0. The summed E-state index contributed by atoms with van der Waals surface area (Å²) in [4.78, 5) is 25.4. The molecule has 1 aromatic carbocycles. The molecule has 0 saturated carbocycles. The molecule has 1 atom stereocenters. The second-order valence-corrected chi connectivity index (χ2v) is 10.1. The van der Waals surface area contributed by atoms with Gasteiger partial charge in [0.15, 0.2) is 0 Å². The Morgan fingerprint density at radius 1 is 1.22 bits per heavy atom. The van der Waals surface area contributed by atoms with Crippen LogP contribution in [-0.2, 0) is 31.6 Å². The first-order valence-corrected chi connectivity index (χ1v) is 11.2. The highest BCUT2D eigenvalue weighted by Crippen LogP contribution is 2.51. The standard InChI is InChI=1S/C20H26F3NO7S/c1-18(2,3)19(10-9-16(25)30-4)15-8-7-14(31-32(28,29)20(21,22)23)12-13(15)6-5-11-24(19)17(26)27/h7-8,12H,5-6,9-11H2,1-4H3,(H,26,27). The fourth-order valence-electron chi connectivity index (χ4n) is 4.27. The van der Waals surface area contributed by atoms with Crippen LogP contribution in [0.2, 0.25) is 0 Å². The van der Waals surface area contributed by atoms with Crippen LogP contribution >= 0.6 is 0 Å². The predicted molar refractivity (Wildman–Crippen MR) is 107 cm³/mol. The molecule has 0 fully saturated rings. The van der Waals surface area contributed by atoms with Crippen LogP contribution < -0.4 is 4.18 Å². The van der Waals surface area contributed by atoms with Gasteiger partial charge in [0.05, 0.1) is 12.6 Å². The summed E-state index contributed by atoms with van der Waals surface area (Å²) < 4.78 is 70.0. The Hall–Kier alpha value is -2.50. The number of fused-ring (bicyclic) bond motifs is 1. The van der Waals surface area contributed by atoms with Crippen LogP contribution in [0.25, 0.3) is 0 Å². The fraction of sp³-hybridized carbons (Fsp3) is 0.600. The summed E-state index contributed by atoms with van der Waals surface area (Å²) in [5.41, 5.74) is -6.65. The Balaban J connectivity index is 2.69. The number of halogens is 3. The Morgan fingerprint density at radius 3 is 2.34 bits per heavy atom. The van der Waals surface area contributed by atoms with Gasteiger partial charge in [-0.2, -0.15) is 21.6 Å². The van der Waals surface area contributed by atoms with E-state index in [1.54, 1.807) is 20.8 Å². The summed E-state index contributed by atoms with van der Waals surface area (Å²) in [5.74, 6) is -1.07. The van der Waals surface area contributed by atoms with Crippen molar-refractivity contribution in [3.8, 4) is 5.75 Å².